The van der Waals surface area contributed by atoms with E-state index in [1.54, 1.807) is 0 Å². The Balaban J connectivity index is 2.19. The molecule has 106 valence electrons. The fourth-order valence-electron chi connectivity index (χ4n) is 1.98. The fraction of sp³-hybridized carbons (Fsp3) is 0.357. The lowest BCUT2D eigenvalue weighted by Crippen LogP contribution is -2.13. The highest BCUT2D eigenvalue weighted by molar-refractivity contribution is 5.96. The van der Waals surface area contributed by atoms with Gasteiger partial charge in [0.25, 0.3) is 0 Å². The maximum Gasteiger partial charge on any atom is 0.170 e. The van der Waals surface area contributed by atoms with Gasteiger partial charge in [0.15, 0.2) is 11.7 Å². The van der Waals surface area contributed by atoms with Crippen LogP contribution in [0, 0.1) is 0 Å². The van der Waals surface area contributed by atoms with Crippen LogP contribution in [0.1, 0.15) is 36.6 Å². The Morgan fingerprint density at radius 3 is 2.50 bits per heavy atom. The molecule has 6 nitrogen and oxygen atoms in total. The van der Waals surface area contributed by atoms with E-state index < -0.39 is 0 Å². The van der Waals surface area contributed by atoms with E-state index in [0.29, 0.717) is 12.1 Å². The minimum Gasteiger partial charge on any atom is -0.409 e. The van der Waals surface area contributed by atoms with Crippen molar-refractivity contribution >= 4 is 5.84 Å². The standard InChI is InChI=1S/C14H19N5O/c1-3-12-16-13(4-2)19(17-12)9-10-5-7-11(8-6-10)14(15)18-20/h5-8,20H,3-4,9H2,1-2H3,(H2,15,18). The molecule has 0 radical (unpaired) electrons. The van der Waals surface area contributed by atoms with E-state index in [9.17, 15) is 0 Å². The predicted octanol–water partition coefficient (Wildman–Crippen LogP) is 1.55. The number of benzene rings is 1. The molecule has 2 rings (SSSR count). The van der Waals surface area contributed by atoms with E-state index >= 15 is 0 Å². The summed E-state index contributed by atoms with van der Waals surface area (Å²) in [4.78, 5) is 4.48. The molecule has 0 aliphatic heterocycles. The number of aryl methyl sites for hydroxylation is 2. The largest absolute Gasteiger partial charge is 0.409 e. The molecule has 1 aromatic heterocycles. The minimum atomic E-state index is 0.111. The van der Waals surface area contributed by atoms with Crippen molar-refractivity contribution in [3.63, 3.8) is 0 Å². The van der Waals surface area contributed by atoms with Crippen LogP contribution in [0.25, 0.3) is 0 Å². The molecule has 0 fully saturated rings. The zero-order valence-electron chi connectivity index (χ0n) is 11.7. The van der Waals surface area contributed by atoms with Crippen molar-refractivity contribution in [2.45, 2.75) is 33.2 Å². The van der Waals surface area contributed by atoms with E-state index in [2.05, 4.69) is 22.2 Å². The molecule has 0 aliphatic rings. The third-order valence-corrected chi connectivity index (χ3v) is 3.11. The van der Waals surface area contributed by atoms with E-state index in [0.717, 1.165) is 30.1 Å². The number of hydrogen-bond donors (Lipinski definition) is 2. The summed E-state index contributed by atoms with van der Waals surface area (Å²) in [5.74, 6) is 1.97. The molecule has 0 unspecified atom stereocenters. The van der Waals surface area contributed by atoms with Crippen LogP contribution in [-0.2, 0) is 19.4 Å². The molecule has 0 saturated heterocycles. The van der Waals surface area contributed by atoms with Gasteiger partial charge in [-0.3, -0.25) is 0 Å². The number of aromatic nitrogens is 3. The highest BCUT2D eigenvalue weighted by Crippen LogP contribution is 2.09. The molecule has 1 heterocycles. The van der Waals surface area contributed by atoms with Gasteiger partial charge in [0.2, 0.25) is 0 Å². The molecule has 6 heteroatoms. The Morgan fingerprint density at radius 1 is 1.25 bits per heavy atom. The number of rotatable bonds is 5. The first-order chi connectivity index (χ1) is 9.67. The second-order valence-electron chi connectivity index (χ2n) is 4.49. The smallest absolute Gasteiger partial charge is 0.170 e. The van der Waals surface area contributed by atoms with Crippen molar-refractivity contribution in [2.24, 2.45) is 10.9 Å². The monoisotopic (exact) mass is 273 g/mol. The van der Waals surface area contributed by atoms with Gasteiger partial charge in [0, 0.05) is 18.4 Å². The van der Waals surface area contributed by atoms with Gasteiger partial charge in [0.1, 0.15) is 5.82 Å². The fourth-order valence-corrected chi connectivity index (χ4v) is 1.98. The van der Waals surface area contributed by atoms with Crippen LogP contribution in [0.4, 0.5) is 0 Å². The van der Waals surface area contributed by atoms with Gasteiger partial charge in [-0.2, -0.15) is 5.10 Å². The van der Waals surface area contributed by atoms with Crippen molar-refractivity contribution < 1.29 is 5.21 Å². The predicted molar refractivity (Wildman–Crippen MR) is 76.8 cm³/mol. The van der Waals surface area contributed by atoms with Crippen molar-refractivity contribution in [3.05, 3.63) is 47.0 Å². The molecule has 20 heavy (non-hydrogen) atoms. The van der Waals surface area contributed by atoms with E-state index in [1.165, 1.54) is 0 Å². The molecular weight excluding hydrogens is 254 g/mol. The highest BCUT2D eigenvalue weighted by atomic mass is 16.4. The lowest BCUT2D eigenvalue weighted by atomic mass is 10.1. The van der Waals surface area contributed by atoms with Gasteiger partial charge in [0.05, 0.1) is 6.54 Å². The van der Waals surface area contributed by atoms with Crippen LogP contribution >= 0.6 is 0 Å². The first kappa shape index (κ1) is 14.0. The summed E-state index contributed by atoms with van der Waals surface area (Å²) < 4.78 is 1.93. The molecule has 0 bridgehead atoms. The molecular formula is C14H19N5O. The molecule has 1 aromatic carbocycles. The molecule has 0 amide bonds. The van der Waals surface area contributed by atoms with Gasteiger partial charge < -0.3 is 10.9 Å². The topological polar surface area (TPSA) is 89.3 Å². The summed E-state index contributed by atoms with van der Waals surface area (Å²) in [6.07, 6.45) is 1.69. The van der Waals surface area contributed by atoms with Crippen LogP contribution in [-0.4, -0.2) is 25.8 Å². The van der Waals surface area contributed by atoms with Crippen molar-refractivity contribution in [1.29, 1.82) is 0 Å². The van der Waals surface area contributed by atoms with Crippen LogP contribution in [0.5, 0.6) is 0 Å². The summed E-state index contributed by atoms with van der Waals surface area (Å²) >= 11 is 0. The minimum absolute atomic E-state index is 0.111. The molecule has 2 aromatic rings. The van der Waals surface area contributed by atoms with Gasteiger partial charge in [-0.1, -0.05) is 43.3 Å². The second kappa shape index (κ2) is 6.18. The van der Waals surface area contributed by atoms with E-state index in [4.69, 9.17) is 10.9 Å². The van der Waals surface area contributed by atoms with Crippen molar-refractivity contribution in [2.75, 3.05) is 0 Å². The Hall–Kier alpha value is -2.37. The number of amidine groups is 1. The van der Waals surface area contributed by atoms with Crippen LogP contribution < -0.4 is 5.73 Å². The van der Waals surface area contributed by atoms with Crippen molar-refractivity contribution in [1.82, 2.24) is 14.8 Å². The molecule has 0 atom stereocenters. The normalized spacial score (nSPS) is 11.8. The Kier molecular flexibility index (Phi) is 4.34. The van der Waals surface area contributed by atoms with Gasteiger partial charge in [-0.05, 0) is 5.56 Å². The first-order valence-corrected chi connectivity index (χ1v) is 6.67. The summed E-state index contributed by atoms with van der Waals surface area (Å²) in [5.41, 5.74) is 7.33. The lowest BCUT2D eigenvalue weighted by Gasteiger charge is -2.05. The maximum absolute atomic E-state index is 8.63. The van der Waals surface area contributed by atoms with Crippen LogP contribution in [0.15, 0.2) is 29.4 Å². The first-order valence-electron chi connectivity index (χ1n) is 6.67. The zero-order chi connectivity index (χ0) is 14.5. The van der Waals surface area contributed by atoms with Gasteiger partial charge in [-0.25, -0.2) is 9.67 Å². The van der Waals surface area contributed by atoms with Crippen LogP contribution in [0.2, 0.25) is 0 Å². The SMILES string of the molecule is CCc1nc(CC)n(Cc2ccc(C(N)=NO)cc2)n1. The zero-order valence-corrected chi connectivity index (χ0v) is 11.7. The highest BCUT2D eigenvalue weighted by Gasteiger charge is 2.08. The van der Waals surface area contributed by atoms with E-state index in [1.807, 2.05) is 35.9 Å². The summed E-state index contributed by atoms with van der Waals surface area (Å²) in [6, 6.07) is 7.54. The van der Waals surface area contributed by atoms with E-state index in [-0.39, 0.29) is 5.84 Å². The Bertz CT molecular complexity index is 601. The molecule has 0 saturated carbocycles. The third kappa shape index (κ3) is 2.96. The number of hydrogen-bond acceptors (Lipinski definition) is 4. The quantitative estimate of drug-likeness (QED) is 0.374. The Morgan fingerprint density at radius 2 is 1.95 bits per heavy atom. The van der Waals surface area contributed by atoms with Gasteiger partial charge >= 0.3 is 0 Å². The number of nitrogens with two attached hydrogens (primary N) is 1. The van der Waals surface area contributed by atoms with Gasteiger partial charge in [-0.15, -0.1) is 0 Å². The lowest BCUT2D eigenvalue weighted by molar-refractivity contribution is 0.318. The third-order valence-electron chi connectivity index (χ3n) is 3.11. The molecule has 3 N–H and O–H groups in total. The average molecular weight is 273 g/mol. The average Bonchev–Trinajstić information content (AvgIpc) is 2.89. The maximum atomic E-state index is 8.63. The number of nitrogens with zero attached hydrogens (tertiary/aromatic N) is 4. The summed E-state index contributed by atoms with van der Waals surface area (Å²) in [7, 11) is 0. The molecule has 0 spiro atoms. The van der Waals surface area contributed by atoms with Crippen molar-refractivity contribution in [3.8, 4) is 0 Å². The number of oxime groups is 1. The molecule has 0 aliphatic carbocycles. The Labute approximate surface area is 117 Å². The second-order valence-corrected chi connectivity index (χ2v) is 4.49. The summed E-state index contributed by atoms with van der Waals surface area (Å²) in [5, 5.41) is 16.1. The van der Waals surface area contributed by atoms with Crippen LogP contribution in [0.3, 0.4) is 0 Å². The summed E-state index contributed by atoms with van der Waals surface area (Å²) in [6.45, 7) is 4.79.